The molecule has 0 saturated carbocycles. The number of allylic oxidation sites excluding steroid dienone is 4. The van der Waals surface area contributed by atoms with Crippen molar-refractivity contribution < 1.29 is 24.2 Å². The third-order valence-corrected chi connectivity index (χ3v) is 8.52. The van der Waals surface area contributed by atoms with E-state index in [0.717, 1.165) is 77.0 Å². The van der Waals surface area contributed by atoms with Crippen LogP contribution in [0.1, 0.15) is 187 Å². The lowest BCUT2D eigenvalue weighted by Gasteiger charge is -2.18. The summed E-state index contributed by atoms with van der Waals surface area (Å²) < 4.78 is 5.97. The van der Waals surface area contributed by atoms with Gasteiger partial charge in [0.15, 0.2) is 0 Å². The van der Waals surface area contributed by atoms with Crippen LogP contribution in [0.3, 0.4) is 0 Å². The number of carboxylic acids is 1. The molecule has 1 amide bonds. The Morgan fingerprint density at radius 1 is 0.630 bits per heavy atom. The predicted molar refractivity (Wildman–Crippen MR) is 193 cm³/mol. The number of nitrogens with one attached hydrogen (secondary N) is 1. The van der Waals surface area contributed by atoms with Gasteiger partial charge in [0.2, 0.25) is 5.91 Å². The minimum absolute atomic E-state index is 0.0132. The number of carbonyl (C=O) groups is 3. The summed E-state index contributed by atoms with van der Waals surface area (Å²) in [5.74, 6) is -1.25. The fourth-order valence-electron chi connectivity index (χ4n) is 5.58. The number of esters is 1. The molecule has 0 aromatic carbocycles. The van der Waals surface area contributed by atoms with E-state index in [1.165, 1.54) is 70.6 Å². The number of nitrogens with two attached hydrogens (primary N) is 1. The predicted octanol–water partition coefficient (Wildman–Crippen LogP) is 10.1. The highest BCUT2D eigenvalue weighted by Crippen LogP contribution is 2.18. The van der Waals surface area contributed by atoms with Gasteiger partial charge in [-0.1, -0.05) is 122 Å². The fourth-order valence-corrected chi connectivity index (χ4v) is 5.58. The van der Waals surface area contributed by atoms with Gasteiger partial charge < -0.3 is 20.9 Å². The van der Waals surface area contributed by atoms with Crippen molar-refractivity contribution in [1.82, 2.24) is 5.32 Å². The molecule has 2 unspecified atom stereocenters. The first-order valence-electron chi connectivity index (χ1n) is 19.2. The molecule has 7 nitrogen and oxygen atoms in total. The number of unbranched alkanes of at least 4 members (excludes halogenated alkanes) is 16. The highest BCUT2D eigenvalue weighted by molar-refractivity contribution is 5.83. The lowest BCUT2D eigenvalue weighted by molar-refractivity contribution is -0.150. The zero-order valence-electron chi connectivity index (χ0n) is 29.9. The molecule has 0 aromatic rings. The van der Waals surface area contributed by atoms with Crippen LogP contribution in [0.4, 0.5) is 0 Å². The molecule has 0 rings (SSSR count). The summed E-state index contributed by atoms with van der Waals surface area (Å²) in [7, 11) is 0. The molecular formula is C39H72N2O5. The fraction of sp³-hybridized carbons (Fsp3) is 0.821. The number of aliphatic carboxylic acids is 1. The SMILES string of the molecule is CCCC/C=C\C/C=C\CCCCCCCC(=O)OC(CCCCCCCC)CCCCCCCC(=O)NC(CCCN)C(=O)O. The number of carbonyl (C=O) groups excluding carboxylic acids is 2. The highest BCUT2D eigenvalue weighted by Gasteiger charge is 2.19. The number of carboxylic acid groups (broad SMARTS) is 1. The van der Waals surface area contributed by atoms with E-state index in [9.17, 15) is 19.5 Å². The highest BCUT2D eigenvalue weighted by atomic mass is 16.5. The van der Waals surface area contributed by atoms with Crippen LogP contribution < -0.4 is 11.1 Å². The first-order chi connectivity index (χ1) is 22.4. The monoisotopic (exact) mass is 649 g/mol. The Labute approximate surface area is 283 Å². The molecule has 0 saturated heterocycles. The summed E-state index contributed by atoms with van der Waals surface area (Å²) in [5, 5.41) is 11.9. The molecule has 0 fully saturated rings. The van der Waals surface area contributed by atoms with Gasteiger partial charge in [-0.25, -0.2) is 4.79 Å². The summed E-state index contributed by atoms with van der Waals surface area (Å²) in [6, 6.07) is -0.854. The van der Waals surface area contributed by atoms with Crippen molar-refractivity contribution in [3.63, 3.8) is 0 Å². The van der Waals surface area contributed by atoms with E-state index in [1.54, 1.807) is 0 Å². The van der Waals surface area contributed by atoms with Crippen LogP contribution in [0.25, 0.3) is 0 Å². The van der Waals surface area contributed by atoms with E-state index in [1.807, 2.05) is 0 Å². The molecule has 0 aliphatic rings. The molecule has 4 N–H and O–H groups in total. The van der Waals surface area contributed by atoms with Crippen LogP contribution in [0.2, 0.25) is 0 Å². The second-order valence-corrected chi connectivity index (χ2v) is 13.0. The second kappa shape index (κ2) is 34.2. The first kappa shape index (κ1) is 43.9. The third kappa shape index (κ3) is 30.5. The average Bonchev–Trinajstić information content (AvgIpc) is 3.03. The molecule has 0 aliphatic carbocycles. The normalized spacial score (nSPS) is 12.9. The Hall–Kier alpha value is -2.15. The topological polar surface area (TPSA) is 119 Å². The van der Waals surface area contributed by atoms with Gasteiger partial charge in [-0.3, -0.25) is 9.59 Å². The Bertz CT molecular complexity index is 782. The zero-order chi connectivity index (χ0) is 33.9. The molecular weight excluding hydrogens is 576 g/mol. The quantitative estimate of drug-likeness (QED) is 0.0363. The van der Waals surface area contributed by atoms with Gasteiger partial charge in [0, 0.05) is 12.8 Å². The Kier molecular flexibility index (Phi) is 32.6. The Balaban J connectivity index is 4.19. The number of hydrogen-bond donors (Lipinski definition) is 3. The Morgan fingerprint density at radius 2 is 1.15 bits per heavy atom. The number of ether oxygens (including phenoxy) is 1. The van der Waals surface area contributed by atoms with Crippen LogP contribution >= 0.6 is 0 Å². The van der Waals surface area contributed by atoms with Crippen LogP contribution in [0.5, 0.6) is 0 Å². The van der Waals surface area contributed by atoms with Crippen LogP contribution in [0.15, 0.2) is 24.3 Å². The standard InChI is InChI=1S/C39H72N2O5/c1-3-5-7-9-11-12-13-14-15-16-17-18-23-27-33-38(43)46-35(29-24-20-10-8-6-4-2)30-25-21-19-22-26-32-37(42)41-36(39(44)45)31-28-34-40/h9,11,13-14,35-36H,3-8,10,12,15-34,40H2,1-2H3,(H,41,42)(H,44,45)/b11-9-,14-13-. The first-order valence-corrected chi connectivity index (χ1v) is 19.2. The van der Waals surface area contributed by atoms with Gasteiger partial charge >= 0.3 is 11.9 Å². The summed E-state index contributed by atoms with van der Waals surface area (Å²) in [6.07, 6.45) is 36.5. The van der Waals surface area contributed by atoms with Gasteiger partial charge in [0.25, 0.3) is 0 Å². The smallest absolute Gasteiger partial charge is 0.326 e. The summed E-state index contributed by atoms with van der Waals surface area (Å²) in [4.78, 5) is 36.1. The lowest BCUT2D eigenvalue weighted by atomic mass is 10.0. The van der Waals surface area contributed by atoms with Crippen LogP contribution in [-0.4, -0.2) is 41.6 Å². The molecule has 0 radical (unpaired) electrons. The van der Waals surface area contributed by atoms with Crippen molar-refractivity contribution in [3.05, 3.63) is 24.3 Å². The number of rotatable bonds is 34. The van der Waals surface area contributed by atoms with E-state index in [0.29, 0.717) is 32.2 Å². The molecule has 0 aromatic heterocycles. The van der Waals surface area contributed by atoms with Gasteiger partial charge in [-0.2, -0.15) is 0 Å². The van der Waals surface area contributed by atoms with Crippen molar-refractivity contribution in [1.29, 1.82) is 0 Å². The van der Waals surface area contributed by atoms with Gasteiger partial charge in [0.1, 0.15) is 12.1 Å². The van der Waals surface area contributed by atoms with Crippen molar-refractivity contribution in [2.75, 3.05) is 6.54 Å². The van der Waals surface area contributed by atoms with Crippen molar-refractivity contribution in [3.8, 4) is 0 Å². The van der Waals surface area contributed by atoms with Gasteiger partial charge in [0.05, 0.1) is 0 Å². The summed E-state index contributed by atoms with van der Waals surface area (Å²) >= 11 is 0. The number of amides is 1. The molecule has 46 heavy (non-hydrogen) atoms. The zero-order valence-corrected chi connectivity index (χ0v) is 29.9. The maximum absolute atomic E-state index is 12.6. The molecule has 0 aliphatic heterocycles. The molecule has 7 heteroatoms. The maximum atomic E-state index is 12.6. The second-order valence-electron chi connectivity index (χ2n) is 13.0. The van der Waals surface area contributed by atoms with Gasteiger partial charge in [-0.05, 0) is 83.6 Å². The largest absolute Gasteiger partial charge is 0.480 e. The van der Waals surface area contributed by atoms with E-state index in [4.69, 9.17) is 10.5 Å². The van der Waals surface area contributed by atoms with Crippen molar-refractivity contribution >= 4 is 17.8 Å². The van der Waals surface area contributed by atoms with E-state index < -0.39 is 12.0 Å². The molecule has 268 valence electrons. The van der Waals surface area contributed by atoms with Crippen molar-refractivity contribution in [2.45, 2.75) is 199 Å². The lowest BCUT2D eigenvalue weighted by Crippen LogP contribution is -2.40. The van der Waals surface area contributed by atoms with Gasteiger partial charge in [-0.15, -0.1) is 0 Å². The molecule has 0 bridgehead atoms. The Morgan fingerprint density at radius 3 is 1.74 bits per heavy atom. The summed E-state index contributed by atoms with van der Waals surface area (Å²) in [5.41, 5.74) is 5.46. The van der Waals surface area contributed by atoms with E-state index >= 15 is 0 Å². The summed E-state index contributed by atoms with van der Waals surface area (Å²) in [6.45, 7) is 4.87. The minimum atomic E-state index is -1.01. The van der Waals surface area contributed by atoms with Crippen LogP contribution in [0, 0.1) is 0 Å². The molecule has 0 spiro atoms. The average molecular weight is 649 g/mol. The van der Waals surface area contributed by atoms with Crippen LogP contribution in [-0.2, 0) is 19.1 Å². The third-order valence-electron chi connectivity index (χ3n) is 8.52. The molecule has 0 heterocycles. The number of hydrogen-bond acceptors (Lipinski definition) is 5. The minimum Gasteiger partial charge on any atom is -0.480 e. The van der Waals surface area contributed by atoms with E-state index in [-0.39, 0.29) is 18.0 Å². The maximum Gasteiger partial charge on any atom is 0.326 e. The van der Waals surface area contributed by atoms with E-state index in [2.05, 4.69) is 43.5 Å². The van der Waals surface area contributed by atoms with Crippen molar-refractivity contribution in [2.24, 2.45) is 5.73 Å². The molecule has 2 atom stereocenters.